The summed E-state index contributed by atoms with van der Waals surface area (Å²) in [5.41, 5.74) is 0.760. The second kappa shape index (κ2) is 7.86. The highest BCUT2D eigenvalue weighted by molar-refractivity contribution is 5.94. The molecule has 0 aromatic heterocycles. The third-order valence-electron chi connectivity index (χ3n) is 6.99. The van der Waals surface area contributed by atoms with Crippen LogP contribution in [0, 0.1) is 17.3 Å². The first-order valence-electron chi connectivity index (χ1n) is 10.7. The molecule has 1 saturated carbocycles. The van der Waals surface area contributed by atoms with Crippen LogP contribution in [-0.4, -0.2) is 73.3 Å². The molecule has 1 aromatic carbocycles. The molecule has 4 rings (SSSR count). The van der Waals surface area contributed by atoms with E-state index in [9.17, 15) is 9.59 Å². The molecule has 5 nitrogen and oxygen atoms in total. The lowest BCUT2D eigenvalue weighted by Gasteiger charge is -2.32. The smallest absolute Gasteiger partial charge is 0.253 e. The minimum absolute atomic E-state index is 0.000718. The Bertz CT molecular complexity index is 714. The summed E-state index contributed by atoms with van der Waals surface area (Å²) in [5, 5.41) is 0. The Kier molecular flexibility index (Phi) is 5.46. The summed E-state index contributed by atoms with van der Waals surface area (Å²) in [5.74, 6) is 1.42. The second-order valence-corrected chi connectivity index (χ2v) is 9.48. The quantitative estimate of drug-likeness (QED) is 0.785. The molecule has 1 aliphatic carbocycles. The molecule has 0 bridgehead atoms. The Labute approximate surface area is 168 Å². The summed E-state index contributed by atoms with van der Waals surface area (Å²) in [7, 11) is 4.19. The fourth-order valence-electron chi connectivity index (χ4n) is 5.73. The third-order valence-corrected chi connectivity index (χ3v) is 6.99. The Morgan fingerprint density at radius 3 is 2.36 bits per heavy atom. The van der Waals surface area contributed by atoms with Gasteiger partial charge in [-0.2, -0.15) is 0 Å². The number of rotatable bonds is 5. The van der Waals surface area contributed by atoms with Crippen LogP contribution in [0.2, 0.25) is 0 Å². The van der Waals surface area contributed by atoms with Gasteiger partial charge in [0.25, 0.3) is 5.91 Å². The summed E-state index contributed by atoms with van der Waals surface area (Å²) in [6.07, 6.45) is 5.71. The first-order valence-corrected chi connectivity index (χ1v) is 10.7. The van der Waals surface area contributed by atoms with Crippen molar-refractivity contribution in [2.24, 2.45) is 17.3 Å². The molecule has 152 valence electrons. The number of nitrogens with zero attached hydrogens (tertiary/aromatic N) is 3. The summed E-state index contributed by atoms with van der Waals surface area (Å²) in [6, 6.07) is 9.57. The van der Waals surface area contributed by atoms with Gasteiger partial charge in [0.15, 0.2) is 0 Å². The average Bonchev–Trinajstić information content (AvgIpc) is 3.36. The highest BCUT2D eigenvalue weighted by Gasteiger charge is 2.54. The summed E-state index contributed by atoms with van der Waals surface area (Å²) in [6.45, 7) is 4.02. The molecule has 3 fully saturated rings. The third kappa shape index (κ3) is 3.82. The van der Waals surface area contributed by atoms with Crippen molar-refractivity contribution in [1.29, 1.82) is 0 Å². The van der Waals surface area contributed by atoms with Gasteiger partial charge in [0, 0.05) is 56.0 Å². The van der Waals surface area contributed by atoms with Crippen molar-refractivity contribution >= 4 is 11.8 Å². The molecular weight excluding hydrogens is 350 g/mol. The van der Waals surface area contributed by atoms with Crippen molar-refractivity contribution in [2.75, 3.05) is 46.8 Å². The van der Waals surface area contributed by atoms with Gasteiger partial charge < -0.3 is 14.7 Å². The Hall–Kier alpha value is -1.88. The van der Waals surface area contributed by atoms with Gasteiger partial charge >= 0.3 is 0 Å². The zero-order valence-corrected chi connectivity index (χ0v) is 17.3. The van der Waals surface area contributed by atoms with Crippen LogP contribution in [0.1, 0.15) is 42.5 Å². The number of likely N-dealkylation sites (tertiary alicyclic amines) is 2. The first-order chi connectivity index (χ1) is 13.5. The second-order valence-electron chi connectivity index (χ2n) is 9.48. The fraction of sp³-hybridized carbons (Fsp3) is 0.652. The first kappa shape index (κ1) is 19.4. The maximum atomic E-state index is 13.0. The van der Waals surface area contributed by atoms with E-state index in [1.165, 1.54) is 25.7 Å². The van der Waals surface area contributed by atoms with Crippen LogP contribution < -0.4 is 0 Å². The normalized spacial score (nSPS) is 27.6. The van der Waals surface area contributed by atoms with Gasteiger partial charge in [0.1, 0.15) is 0 Å². The minimum atomic E-state index is -0.000718. The van der Waals surface area contributed by atoms with Crippen LogP contribution in [0.4, 0.5) is 0 Å². The van der Waals surface area contributed by atoms with E-state index in [2.05, 4.69) is 23.9 Å². The van der Waals surface area contributed by atoms with E-state index in [-0.39, 0.29) is 11.3 Å². The lowest BCUT2D eigenvalue weighted by molar-refractivity contribution is -0.131. The Balaban J connectivity index is 1.46. The molecule has 0 N–H and O–H groups in total. The van der Waals surface area contributed by atoms with Gasteiger partial charge in [-0.25, -0.2) is 0 Å². The van der Waals surface area contributed by atoms with E-state index in [1.54, 1.807) is 0 Å². The Morgan fingerprint density at radius 2 is 1.68 bits per heavy atom. The van der Waals surface area contributed by atoms with E-state index in [0.29, 0.717) is 17.7 Å². The average molecular weight is 384 g/mol. The molecule has 2 amide bonds. The molecule has 0 spiro atoms. The predicted octanol–water partition coefficient (Wildman–Crippen LogP) is 2.73. The van der Waals surface area contributed by atoms with E-state index in [4.69, 9.17) is 0 Å². The predicted molar refractivity (Wildman–Crippen MR) is 110 cm³/mol. The fourth-order valence-corrected chi connectivity index (χ4v) is 5.73. The van der Waals surface area contributed by atoms with Gasteiger partial charge in [0.2, 0.25) is 5.91 Å². The van der Waals surface area contributed by atoms with Crippen LogP contribution in [0.3, 0.4) is 0 Å². The summed E-state index contributed by atoms with van der Waals surface area (Å²) >= 11 is 0. The van der Waals surface area contributed by atoms with Gasteiger partial charge in [-0.3, -0.25) is 9.59 Å². The molecule has 28 heavy (non-hydrogen) atoms. The molecule has 2 heterocycles. The number of carbonyl (C=O) groups excluding carboxylic acids is 2. The monoisotopic (exact) mass is 383 g/mol. The Morgan fingerprint density at radius 1 is 1.04 bits per heavy atom. The number of benzene rings is 1. The number of amides is 2. The highest BCUT2D eigenvalue weighted by Crippen LogP contribution is 2.44. The zero-order chi connectivity index (χ0) is 19.7. The topological polar surface area (TPSA) is 43.9 Å². The number of carbonyl (C=O) groups is 2. The van der Waals surface area contributed by atoms with Gasteiger partial charge in [-0.1, -0.05) is 31.0 Å². The zero-order valence-electron chi connectivity index (χ0n) is 17.3. The van der Waals surface area contributed by atoms with Crippen molar-refractivity contribution in [2.45, 2.75) is 32.1 Å². The summed E-state index contributed by atoms with van der Waals surface area (Å²) < 4.78 is 0. The molecule has 2 saturated heterocycles. The highest BCUT2D eigenvalue weighted by atomic mass is 16.2. The largest absolute Gasteiger partial charge is 0.342 e. The van der Waals surface area contributed by atoms with Crippen LogP contribution in [0.15, 0.2) is 30.3 Å². The molecule has 1 aromatic rings. The molecule has 2 aliphatic heterocycles. The van der Waals surface area contributed by atoms with Gasteiger partial charge in [0.05, 0.1) is 0 Å². The van der Waals surface area contributed by atoms with E-state index in [1.807, 2.05) is 35.2 Å². The maximum absolute atomic E-state index is 13.0. The van der Waals surface area contributed by atoms with Crippen molar-refractivity contribution in [3.8, 4) is 0 Å². The molecule has 0 radical (unpaired) electrons. The molecular formula is C23H33N3O2. The van der Waals surface area contributed by atoms with Crippen LogP contribution in [0.5, 0.6) is 0 Å². The molecule has 2 atom stereocenters. The SMILES string of the molecule is CN(C)C[C@]12CN(C(=O)CC3CCCC3)C[C@H]1CN(C(=O)c1ccccc1)C2. The number of hydrogen-bond donors (Lipinski definition) is 0. The van der Waals surface area contributed by atoms with E-state index >= 15 is 0 Å². The van der Waals surface area contributed by atoms with E-state index in [0.717, 1.165) is 44.7 Å². The van der Waals surface area contributed by atoms with Crippen molar-refractivity contribution in [1.82, 2.24) is 14.7 Å². The molecule has 3 aliphatic rings. The van der Waals surface area contributed by atoms with Crippen LogP contribution in [0.25, 0.3) is 0 Å². The lowest BCUT2D eigenvalue weighted by atomic mass is 9.80. The number of hydrogen-bond acceptors (Lipinski definition) is 3. The van der Waals surface area contributed by atoms with E-state index < -0.39 is 0 Å². The minimum Gasteiger partial charge on any atom is -0.342 e. The number of fused-ring (bicyclic) bond motifs is 1. The molecule has 5 heteroatoms. The van der Waals surface area contributed by atoms with Gasteiger partial charge in [-0.05, 0) is 45.0 Å². The van der Waals surface area contributed by atoms with Crippen molar-refractivity contribution < 1.29 is 9.59 Å². The van der Waals surface area contributed by atoms with Crippen molar-refractivity contribution in [3.63, 3.8) is 0 Å². The van der Waals surface area contributed by atoms with Crippen LogP contribution in [-0.2, 0) is 4.79 Å². The van der Waals surface area contributed by atoms with Crippen molar-refractivity contribution in [3.05, 3.63) is 35.9 Å². The van der Waals surface area contributed by atoms with Crippen LogP contribution >= 0.6 is 0 Å². The molecule has 0 unspecified atom stereocenters. The maximum Gasteiger partial charge on any atom is 0.253 e. The van der Waals surface area contributed by atoms with Gasteiger partial charge in [-0.15, -0.1) is 0 Å². The lowest BCUT2D eigenvalue weighted by Crippen LogP contribution is -2.43. The standard InChI is InChI=1S/C23H33N3O2/c1-24(2)15-23-16-25(21(27)12-18-8-6-7-9-18)13-20(23)14-26(17-23)22(28)19-10-4-3-5-11-19/h3-5,10-11,18,20H,6-9,12-17H2,1-2H3/t20-,23+/m0/s1. The summed E-state index contributed by atoms with van der Waals surface area (Å²) in [4.78, 5) is 32.3.